The summed E-state index contributed by atoms with van der Waals surface area (Å²) in [6.45, 7) is 7.43. The number of carbonyl (C=O) groups is 1. The maximum absolute atomic E-state index is 11.4. The third-order valence-corrected chi connectivity index (χ3v) is 2.41. The van der Waals surface area contributed by atoms with Gasteiger partial charge in [0.1, 0.15) is 5.60 Å². The molecule has 0 aliphatic carbocycles. The van der Waals surface area contributed by atoms with Gasteiger partial charge in [-0.2, -0.15) is 5.26 Å². The summed E-state index contributed by atoms with van der Waals surface area (Å²) >= 11 is 0. The highest BCUT2D eigenvalue weighted by molar-refractivity contribution is 5.67. The molecule has 2 N–H and O–H groups in total. The summed E-state index contributed by atoms with van der Waals surface area (Å²) in [6.07, 6.45) is -0.420. The number of ether oxygens (including phenoxy) is 1. The van der Waals surface area contributed by atoms with Crippen LogP contribution in [-0.2, 0) is 4.74 Å². The molecule has 1 fully saturated rings. The van der Waals surface area contributed by atoms with Crippen molar-refractivity contribution in [2.45, 2.75) is 26.4 Å². The van der Waals surface area contributed by atoms with Crippen molar-refractivity contribution in [1.29, 1.82) is 5.26 Å². The lowest BCUT2D eigenvalue weighted by atomic mass is 9.98. The fourth-order valence-electron chi connectivity index (χ4n) is 1.63. The number of nitrogens with one attached hydrogen (secondary N) is 2. The molecule has 16 heavy (non-hydrogen) atoms. The van der Waals surface area contributed by atoms with Gasteiger partial charge in [0.25, 0.3) is 0 Å². The van der Waals surface area contributed by atoms with Crippen molar-refractivity contribution in [3.05, 3.63) is 0 Å². The van der Waals surface area contributed by atoms with Crippen LogP contribution in [0, 0.1) is 23.2 Å². The minimum atomic E-state index is -0.480. The molecule has 5 nitrogen and oxygen atoms in total. The van der Waals surface area contributed by atoms with E-state index >= 15 is 0 Å². The summed E-state index contributed by atoms with van der Waals surface area (Å²) in [5.74, 6) is 0.160. The second-order valence-corrected chi connectivity index (χ2v) is 5.04. The van der Waals surface area contributed by atoms with Gasteiger partial charge in [0.15, 0.2) is 0 Å². The zero-order valence-electron chi connectivity index (χ0n) is 10.0. The van der Waals surface area contributed by atoms with Crippen LogP contribution in [-0.4, -0.2) is 31.3 Å². The normalized spacial score (nSPS) is 24.9. The molecule has 0 unspecified atom stereocenters. The predicted molar refractivity (Wildman–Crippen MR) is 59.7 cm³/mol. The molecule has 1 aliphatic heterocycles. The van der Waals surface area contributed by atoms with Gasteiger partial charge in [-0.05, 0) is 20.8 Å². The summed E-state index contributed by atoms with van der Waals surface area (Å²) in [4.78, 5) is 11.4. The number of nitrogens with zero attached hydrogens (tertiary/aromatic N) is 1. The van der Waals surface area contributed by atoms with E-state index in [9.17, 15) is 4.79 Å². The number of hydrogen-bond acceptors (Lipinski definition) is 4. The lowest BCUT2D eigenvalue weighted by Crippen LogP contribution is -2.36. The van der Waals surface area contributed by atoms with Gasteiger partial charge < -0.3 is 15.4 Å². The average Bonchev–Trinajstić information content (AvgIpc) is 2.59. The molecule has 0 aromatic heterocycles. The van der Waals surface area contributed by atoms with Crippen LogP contribution in [0.15, 0.2) is 0 Å². The largest absolute Gasteiger partial charge is 0.444 e. The van der Waals surface area contributed by atoms with Crippen molar-refractivity contribution in [1.82, 2.24) is 10.6 Å². The van der Waals surface area contributed by atoms with Crippen LogP contribution in [0.25, 0.3) is 0 Å². The second kappa shape index (κ2) is 5.17. The number of nitriles is 1. The van der Waals surface area contributed by atoms with Gasteiger partial charge in [-0.25, -0.2) is 4.79 Å². The van der Waals surface area contributed by atoms with E-state index in [-0.39, 0.29) is 11.8 Å². The first kappa shape index (κ1) is 12.8. The lowest BCUT2D eigenvalue weighted by Gasteiger charge is -2.21. The molecule has 0 radical (unpaired) electrons. The van der Waals surface area contributed by atoms with E-state index in [1.807, 2.05) is 20.8 Å². The molecule has 1 saturated heterocycles. The number of carbonyl (C=O) groups excluding carboxylic acids is 1. The summed E-state index contributed by atoms with van der Waals surface area (Å²) in [6, 6.07) is 2.23. The van der Waals surface area contributed by atoms with Crippen LogP contribution in [0.1, 0.15) is 20.8 Å². The van der Waals surface area contributed by atoms with Crippen molar-refractivity contribution in [2.75, 3.05) is 19.6 Å². The maximum Gasteiger partial charge on any atom is 0.407 e. The number of hydrogen-bond donors (Lipinski definition) is 2. The molecule has 1 amide bonds. The zero-order chi connectivity index (χ0) is 12.2. The fourth-order valence-corrected chi connectivity index (χ4v) is 1.63. The first-order chi connectivity index (χ1) is 7.42. The van der Waals surface area contributed by atoms with E-state index in [1.54, 1.807) is 0 Å². The highest BCUT2D eigenvalue weighted by Gasteiger charge is 2.27. The molecular weight excluding hydrogens is 206 g/mol. The zero-order valence-corrected chi connectivity index (χ0v) is 10.0. The molecule has 0 saturated carbocycles. The molecular formula is C11H19N3O2. The first-order valence-corrected chi connectivity index (χ1v) is 5.49. The van der Waals surface area contributed by atoms with E-state index < -0.39 is 11.7 Å². The molecule has 5 heteroatoms. The Labute approximate surface area is 96.2 Å². The molecule has 0 spiro atoms. The Hall–Kier alpha value is -1.28. The molecule has 1 aliphatic rings. The molecule has 1 heterocycles. The summed E-state index contributed by atoms with van der Waals surface area (Å²) in [5.41, 5.74) is -0.480. The number of amides is 1. The SMILES string of the molecule is CC(C)(C)OC(=O)NC[C@@H]1CNC[C@H]1C#N. The van der Waals surface area contributed by atoms with Gasteiger partial charge in [-0.3, -0.25) is 0 Å². The van der Waals surface area contributed by atoms with Gasteiger partial charge in [-0.1, -0.05) is 0 Å². The quantitative estimate of drug-likeness (QED) is 0.731. The van der Waals surface area contributed by atoms with E-state index in [0.29, 0.717) is 13.1 Å². The third-order valence-electron chi connectivity index (χ3n) is 2.41. The van der Waals surface area contributed by atoms with Crippen LogP contribution in [0.3, 0.4) is 0 Å². The van der Waals surface area contributed by atoms with E-state index in [1.165, 1.54) is 0 Å². The Balaban J connectivity index is 2.30. The lowest BCUT2D eigenvalue weighted by molar-refractivity contribution is 0.0519. The topological polar surface area (TPSA) is 74.2 Å². The standard InChI is InChI=1S/C11H19N3O2/c1-11(2,3)16-10(15)14-7-9-6-13-5-8(9)4-12/h8-9,13H,5-7H2,1-3H3,(H,14,15)/t8-,9+/m1/s1. The monoisotopic (exact) mass is 225 g/mol. The van der Waals surface area contributed by atoms with Crippen molar-refractivity contribution >= 4 is 6.09 Å². The van der Waals surface area contributed by atoms with Crippen LogP contribution in [0.5, 0.6) is 0 Å². The Morgan fingerprint density at radius 3 is 2.81 bits per heavy atom. The summed E-state index contributed by atoms with van der Waals surface area (Å²) < 4.78 is 5.11. The molecule has 90 valence electrons. The summed E-state index contributed by atoms with van der Waals surface area (Å²) in [5, 5.41) is 14.7. The molecule has 1 rings (SSSR count). The van der Waals surface area contributed by atoms with Crippen LogP contribution >= 0.6 is 0 Å². The van der Waals surface area contributed by atoms with Gasteiger partial charge >= 0.3 is 6.09 Å². The highest BCUT2D eigenvalue weighted by atomic mass is 16.6. The maximum atomic E-state index is 11.4. The smallest absolute Gasteiger partial charge is 0.407 e. The molecule has 2 atom stereocenters. The van der Waals surface area contributed by atoms with E-state index in [4.69, 9.17) is 10.00 Å². The third kappa shape index (κ3) is 4.07. The average molecular weight is 225 g/mol. The van der Waals surface area contributed by atoms with E-state index in [0.717, 1.165) is 6.54 Å². The minimum absolute atomic E-state index is 0.0186. The van der Waals surface area contributed by atoms with Crippen molar-refractivity contribution < 1.29 is 9.53 Å². The Kier molecular flexibility index (Phi) is 4.13. The Morgan fingerprint density at radius 1 is 1.56 bits per heavy atom. The number of alkyl carbamates (subject to hydrolysis) is 1. The van der Waals surface area contributed by atoms with Crippen LogP contribution < -0.4 is 10.6 Å². The van der Waals surface area contributed by atoms with Gasteiger partial charge in [0.05, 0.1) is 12.0 Å². The van der Waals surface area contributed by atoms with Crippen molar-refractivity contribution in [3.8, 4) is 6.07 Å². The fraction of sp³-hybridized carbons (Fsp3) is 0.818. The number of rotatable bonds is 2. The van der Waals surface area contributed by atoms with E-state index in [2.05, 4.69) is 16.7 Å². The van der Waals surface area contributed by atoms with Gasteiger partial charge in [0, 0.05) is 25.6 Å². The Bertz CT molecular complexity index is 291. The molecule has 0 aromatic carbocycles. The van der Waals surface area contributed by atoms with Crippen LogP contribution in [0.4, 0.5) is 4.79 Å². The summed E-state index contributed by atoms with van der Waals surface area (Å²) in [7, 11) is 0. The van der Waals surface area contributed by atoms with Crippen LogP contribution in [0.2, 0.25) is 0 Å². The molecule has 0 bridgehead atoms. The Morgan fingerprint density at radius 2 is 2.25 bits per heavy atom. The van der Waals surface area contributed by atoms with Gasteiger partial charge in [-0.15, -0.1) is 0 Å². The molecule has 0 aromatic rings. The van der Waals surface area contributed by atoms with Gasteiger partial charge in [0.2, 0.25) is 0 Å². The van der Waals surface area contributed by atoms with Crippen molar-refractivity contribution in [3.63, 3.8) is 0 Å². The second-order valence-electron chi connectivity index (χ2n) is 5.04. The van der Waals surface area contributed by atoms with Crippen molar-refractivity contribution in [2.24, 2.45) is 11.8 Å². The predicted octanol–water partition coefficient (Wildman–Crippen LogP) is 0.870. The first-order valence-electron chi connectivity index (χ1n) is 5.49. The minimum Gasteiger partial charge on any atom is -0.444 e. The highest BCUT2D eigenvalue weighted by Crippen LogP contribution is 2.14.